The topological polar surface area (TPSA) is 78.5 Å². The summed E-state index contributed by atoms with van der Waals surface area (Å²) in [5, 5.41) is 6.31. The van der Waals surface area contributed by atoms with Crippen molar-refractivity contribution in [2.24, 2.45) is 5.41 Å². The molecule has 1 unspecified atom stereocenters. The van der Waals surface area contributed by atoms with Crippen LogP contribution in [0.5, 0.6) is 0 Å². The lowest BCUT2D eigenvalue weighted by atomic mass is 9.54. The van der Waals surface area contributed by atoms with E-state index >= 15 is 0 Å². The Bertz CT molecular complexity index is 1080. The summed E-state index contributed by atoms with van der Waals surface area (Å²) < 4.78 is 0. The molecule has 4 rings (SSSR count). The molecule has 1 atom stereocenters. The van der Waals surface area contributed by atoms with Gasteiger partial charge in [-0.3, -0.25) is 14.5 Å². The molecule has 1 spiro atoms. The Hall–Kier alpha value is -2.48. The molecule has 2 aromatic carbocycles. The molecule has 2 aliphatic carbocycles. The highest BCUT2D eigenvalue weighted by Crippen LogP contribution is 2.55. The summed E-state index contributed by atoms with van der Waals surface area (Å²) in [6, 6.07) is 14.8. The Balaban J connectivity index is 1.32. The molecule has 2 aromatic rings. The van der Waals surface area contributed by atoms with Gasteiger partial charge in [0.2, 0.25) is 5.91 Å². The summed E-state index contributed by atoms with van der Waals surface area (Å²) in [6.45, 7) is 1.38. The maximum Gasteiger partial charge on any atom is 0.219 e. The molecule has 37 heavy (non-hydrogen) atoms. The number of nitrogens with one attached hydrogen (secondary N) is 2. The molecule has 0 bridgehead atoms. The summed E-state index contributed by atoms with van der Waals surface area (Å²) in [7, 11) is 3.45. The van der Waals surface area contributed by atoms with E-state index in [0.29, 0.717) is 30.0 Å². The fourth-order valence-corrected chi connectivity index (χ4v) is 6.60. The zero-order valence-corrected chi connectivity index (χ0v) is 22.8. The van der Waals surface area contributed by atoms with E-state index in [4.69, 9.17) is 0 Å². The third-order valence-corrected chi connectivity index (χ3v) is 9.33. The predicted molar refractivity (Wildman–Crippen MR) is 149 cm³/mol. The molecule has 0 saturated heterocycles. The first-order valence-corrected chi connectivity index (χ1v) is 14.3. The lowest BCUT2D eigenvalue weighted by Crippen LogP contribution is -2.51. The van der Waals surface area contributed by atoms with Gasteiger partial charge in [-0.25, -0.2) is 0 Å². The van der Waals surface area contributed by atoms with Crippen LogP contribution >= 0.6 is 11.8 Å². The third-order valence-electron chi connectivity index (χ3n) is 8.16. The standard InChI is InChI=1S/C30H39N3O3S/c1-31-29(36)12-11-26(20-35)33(2)18-27-24(19-34)5-3-6-28(27)37-21-23-9-7-22(8-10-23)17-32-25-15-30(16-25)13-4-14-30/h3,5-10,19-20,25-26,32H,4,11-18,21H2,1-2H3,(H,31,36). The largest absolute Gasteiger partial charge is 0.359 e. The number of rotatable bonds is 14. The molecule has 198 valence electrons. The summed E-state index contributed by atoms with van der Waals surface area (Å²) in [5.74, 6) is 0.711. The second-order valence-corrected chi connectivity index (χ2v) is 11.7. The summed E-state index contributed by atoms with van der Waals surface area (Å²) in [6.07, 6.45) is 9.46. The molecule has 0 aromatic heterocycles. The molecule has 2 fully saturated rings. The van der Waals surface area contributed by atoms with E-state index in [1.54, 1.807) is 18.8 Å². The molecule has 1 amide bonds. The van der Waals surface area contributed by atoms with E-state index in [-0.39, 0.29) is 12.3 Å². The summed E-state index contributed by atoms with van der Waals surface area (Å²) in [4.78, 5) is 38.1. The fraction of sp³-hybridized carbons (Fsp3) is 0.500. The van der Waals surface area contributed by atoms with E-state index < -0.39 is 6.04 Å². The molecular weight excluding hydrogens is 482 g/mol. The molecule has 0 radical (unpaired) electrons. The van der Waals surface area contributed by atoms with Crippen molar-refractivity contribution in [2.45, 2.75) is 80.8 Å². The molecule has 2 N–H and O–H groups in total. The summed E-state index contributed by atoms with van der Waals surface area (Å²) in [5.41, 5.74) is 4.80. The van der Waals surface area contributed by atoms with Gasteiger partial charge in [0.05, 0.1) is 6.04 Å². The number of aldehydes is 2. The average Bonchev–Trinajstić information content (AvgIpc) is 2.87. The maximum absolute atomic E-state index is 11.8. The second kappa shape index (κ2) is 12.9. The highest BCUT2D eigenvalue weighted by atomic mass is 32.2. The van der Waals surface area contributed by atoms with Crippen LogP contribution in [0.3, 0.4) is 0 Å². The minimum Gasteiger partial charge on any atom is -0.359 e. The van der Waals surface area contributed by atoms with Crippen molar-refractivity contribution in [3.8, 4) is 0 Å². The van der Waals surface area contributed by atoms with Crippen LogP contribution in [-0.4, -0.2) is 49.6 Å². The van der Waals surface area contributed by atoms with Crippen LogP contribution in [0.1, 0.15) is 72.0 Å². The SMILES string of the molecule is CNC(=O)CCC(C=O)N(C)Cc1c(C=O)cccc1SCc1ccc(CNC2CC3(CCC3)C2)cc1. The van der Waals surface area contributed by atoms with Crippen LogP contribution in [0, 0.1) is 5.41 Å². The van der Waals surface area contributed by atoms with E-state index in [2.05, 4.69) is 34.9 Å². The van der Waals surface area contributed by atoms with Crippen LogP contribution in [0.4, 0.5) is 0 Å². The zero-order chi connectivity index (χ0) is 26.3. The van der Waals surface area contributed by atoms with Crippen LogP contribution in [0.2, 0.25) is 0 Å². The van der Waals surface area contributed by atoms with Crippen molar-refractivity contribution in [3.05, 3.63) is 64.7 Å². The number of hydrogen-bond donors (Lipinski definition) is 2. The van der Waals surface area contributed by atoms with Gasteiger partial charge in [-0.2, -0.15) is 0 Å². The first-order valence-electron chi connectivity index (χ1n) is 13.3. The van der Waals surface area contributed by atoms with Crippen molar-refractivity contribution < 1.29 is 14.4 Å². The molecule has 2 saturated carbocycles. The van der Waals surface area contributed by atoms with Gasteiger partial charge in [-0.1, -0.05) is 42.8 Å². The van der Waals surface area contributed by atoms with E-state index in [0.717, 1.165) is 35.3 Å². The normalized spacial score (nSPS) is 17.2. The van der Waals surface area contributed by atoms with E-state index in [1.807, 2.05) is 30.1 Å². The molecule has 6 nitrogen and oxygen atoms in total. The average molecular weight is 522 g/mol. The van der Waals surface area contributed by atoms with Crippen molar-refractivity contribution in [1.29, 1.82) is 0 Å². The number of carbonyl (C=O) groups is 3. The highest BCUT2D eigenvalue weighted by Gasteiger charge is 2.47. The predicted octanol–water partition coefficient (Wildman–Crippen LogP) is 4.74. The Kier molecular flexibility index (Phi) is 9.57. The van der Waals surface area contributed by atoms with Crippen LogP contribution in [0.15, 0.2) is 47.4 Å². The number of hydrogen-bond acceptors (Lipinski definition) is 6. The third kappa shape index (κ3) is 7.09. The Morgan fingerprint density at radius 2 is 1.86 bits per heavy atom. The lowest BCUT2D eigenvalue weighted by Gasteiger charge is -2.54. The first-order chi connectivity index (χ1) is 17.9. The van der Waals surface area contributed by atoms with Crippen molar-refractivity contribution in [1.82, 2.24) is 15.5 Å². The quantitative estimate of drug-likeness (QED) is 0.276. The van der Waals surface area contributed by atoms with Gasteiger partial charge in [-0.15, -0.1) is 11.8 Å². The molecular formula is C30H39N3O3S. The molecule has 0 heterocycles. The van der Waals surface area contributed by atoms with Crippen LogP contribution in [0.25, 0.3) is 0 Å². The zero-order valence-electron chi connectivity index (χ0n) is 22.0. The van der Waals surface area contributed by atoms with E-state index in [9.17, 15) is 14.4 Å². The number of amides is 1. The minimum absolute atomic E-state index is 0.0864. The van der Waals surface area contributed by atoms with Gasteiger partial charge >= 0.3 is 0 Å². The second-order valence-electron chi connectivity index (χ2n) is 10.7. The van der Waals surface area contributed by atoms with Gasteiger partial charge in [0, 0.05) is 48.8 Å². The number of thioether (sulfide) groups is 1. The fourth-order valence-electron chi connectivity index (χ4n) is 5.55. The molecule has 7 heteroatoms. The summed E-state index contributed by atoms with van der Waals surface area (Å²) >= 11 is 1.70. The smallest absolute Gasteiger partial charge is 0.219 e. The van der Waals surface area contributed by atoms with Crippen molar-refractivity contribution >= 4 is 30.2 Å². The Labute approximate surface area is 225 Å². The van der Waals surface area contributed by atoms with E-state index in [1.165, 1.54) is 43.2 Å². The maximum atomic E-state index is 11.8. The van der Waals surface area contributed by atoms with Crippen molar-refractivity contribution in [3.63, 3.8) is 0 Å². The van der Waals surface area contributed by atoms with Gasteiger partial charge in [0.15, 0.2) is 0 Å². The number of carbonyl (C=O) groups excluding carboxylic acids is 3. The number of benzene rings is 2. The first kappa shape index (κ1) is 27.6. The number of nitrogens with zero attached hydrogens (tertiary/aromatic N) is 1. The number of likely N-dealkylation sites (N-methyl/N-ethyl adjacent to an activating group) is 1. The van der Waals surface area contributed by atoms with Crippen LogP contribution in [-0.2, 0) is 28.4 Å². The van der Waals surface area contributed by atoms with Crippen LogP contribution < -0.4 is 10.6 Å². The van der Waals surface area contributed by atoms with Gasteiger partial charge in [0.25, 0.3) is 0 Å². The minimum atomic E-state index is -0.393. The van der Waals surface area contributed by atoms with Gasteiger partial charge in [0.1, 0.15) is 12.6 Å². The Morgan fingerprint density at radius 1 is 1.14 bits per heavy atom. The molecule has 0 aliphatic heterocycles. The lowest BCUT2D eigenvalue weighted by molar-refractivity contribution is -0.121. The molecule has 2 aliphatic rings. The van der Waals surface area contributed by atoms with Gasteiger partial charge in [-0.05, 0) is 67.3 Å². The highest BCUT2D eigenvalue weighted by molar-refractivity contribution is 7.98. The van der Waals surface area contributed by atoms with Gasteiger partial charge < -0.3 is 15.4 Å². The Morgan fingerprint density at radius 3 is 2.49 bits per heavy atom. The monoisotopic (exact) mass is 521 g/mol. The van der Waals surface area contributed by atoms with Crippen molar-refractivity contribution in [2.75, 3.05) is 14.1 Å².